The maximum atomic E-state index is 13.6. The Balaban J connectivity index is 2.42. The lowest BCUT2D eigenvalue weighted by Gasteiger charge is -2.36. The van der Waals surface area contributed by atoms with Crippen molar-refractivity contribution in [1.82, 2.24) is 4.98 Å². The van der Waals surface area contributed by atoms with Crippen LogP contribution in [0, 0.1) is 5.95 Å². The zero-order valence-corrected chi connectivity index (χ0v) is 9.50. The van der Waals surface area contributed by atoms with E-state index in [1.807, 2.05) is 0 Å². The SMILES string of the molecule is O=C(O)C1(c2cccnc2F)CCC(F)(F)CC1. The first kappa shape index (κ1) is 12.9. The molecule has 0 saturated heterocycles. The van der Waals surface area contributed by atoms with Crippen molar-refractivity contribution in [3.63, 3.8) is 0 Å². The molecule has 0 atom stereocenters. The van der Waals surface area contributed by atoms with E-state index in [0.717, 1.165) is 0 Å². The molecule has 0 aromatic carbocycles. The molecule has 0 spiro atoms. The van der Waals surface area contributed by atoms with Gasteiger partial charge in [-0.2, -0.15) is 4.39 Å². The highest BCUT2D eigenvalue weighted by Gasteiger charge is 2.50. The predicted molar refractivity (Wildman–Crippen MR) is 56.9 cm³/mol. The molecule has 2 rings (SSSR count). The highest BCUT2D eigenvalue weighted by atomic mass is 19.3. The van der Waals surface area contributed by atoms with E-state index in [-0.39, 0.29) is 18.4 Å². The van der Waals surface area contributed by atoms with Gasteiger partial charge in [-0.05, 0) is 18.9 Å². The van der Waals surface area contributed by atoms with Gasteiger partial charge in [0.25, 0.3) is 0 Å². The summed E-state index contributed by atoms with van der Waals surface area (Å²) in [7, 11) is 0. The van der Waals surface area contributed by atoms with E-state index in [1.54, 1.807) is 0 Å². The maximum Gasteiger partial charge on any atom is 0.314 e. The molecule has 1 aliphatic carbocycles. The van der Waals surface area contributed by atoms with Gasteiger partial charge in [-0.15, -0.1) is 0 Å². The summed E-state index contributed by atoms with van der Waals surface area (Å²) in [6.07, 6.45) is -0.455. The molecule has 1 saturated carbocycles. The van der Waals surface area contributed by atoms with E-state index in [4.69, 9.17) is 0 Å². The third-order valence-corrected chi connectivity index (χ3v) is 3.52. The number of aliphatic carboxylic acids is 1. The van der Waals surface area contributed by atoms with E-state index < -0.39 is 36.1 Å². The summed E-state index contributed by atoms with van der Waals surface area (Å²) in [6.45, 7) is 0. The molecule has 3 nitrogen and oxygen atoms in total. The van der Waals surface area contributed by atoms with Gasteiger partial charge in [0, 0.05) is 24.6 Å². The van der Waals surface area contributed by atoms with Crippen LogP contribution in [0.5, 0.6) is 0 Å². The molecule has 1 aromatic heterocycles. The Bertz CT molecular complexity index is 466. The van der Waals surface area contributed by atoms with Gasteiger partial charge in [0.1, 0.15) is 0 Å². The largest absolute Gasteiger partial charge is 0.481 e. The number of carbonyl (C=O) groups is 1. The number of nitrogens with zero attached hydrogens (tertiary/aromatic N) is 1. The van der Waals surface area contributed by atoms with E-state index in [2.05, 4.69) is 4.98 Å². The highest BCUT2D eigenvalue weighted by Crippen LogP contribution is 2.46. The molecule has 1 aliphatic rings. The molecule has 6 heteroatoms. The standard InChI is InChI=1S/C12H12F3NO2/c13-9-8(2-1-7-16-9)11(10(17)18)3-5-12(14,15)6-4-11/h1-2,7H,3-6H2,(H,17,18). The molecule has 0 radical (unpaired) electrons. The minimum Gasteiger partial charge on any atom is -0.481 e. The van der Waals surface area contributed by atoms with E-state index >= 15 is 0 Å². The number of carboxylic acids is 1. The highest BCUT2D eigenvalue weighted by molar-refractivity contribution is 5.81. The first-order valence-corrected chi connectivity index (χ1v) is 5.60. The van der Waals surface area contributed by atoms with E-state index in [9.17, 15) is 23.1 Å². The van der Waals surface area contributed by atoms with Crippen LogP contribution in [-0.2, 0) is 10.2 Å². The van der Waals surface area contributed by atoms with Gasteiger partial charge in [-0.25, -0.2) is 13.8 Å². The van der Waals surface area contributed by atoms with Gasteiger partial charge in [0.15, 0.2) is 0 Å². The summed E-state index contributed by atoms with van der Waals surface area (Å²) in [5, 5.41) is 9.30. The summed E-state index contributed by atoms with van der Waals surface area (Å²) in [4.78, 5) is 14.8. The number of hydrogen-bond donors (Lipinski definition) is 1. The van der Waals surface area contributed by atoms with Crippen LogP contribution in [0.25, 0.3) is 0 Å². The first-order chi connectivity index (χ1) is 8.37. The van der Waals surface area contributed by atoms with Crippen LogP contribution in [-0.4, -0.2) is 22.0 Å². The second-order valence-electron chi connectivity index (χ2n) is 4.58. The third kappa shape index (κ3) is 2.07. The van der Waals surface area contributed by atoms with Crippen molar-refractivity contribution in [2.75, 3.05) is 0 Å². The molecule has 1 aromatic rings. The van der Waals surface area contributed by atoms with Crippen LogP contribution in [0.2, 0.25) is 0 Å². The number of carboxylic acid groups (broad SMARTS) is 1. The van der Waals surface area contributed by atoms with Crippen LogP contribution in [0.4, 0.5) is 13.2 Å². The Kier molecular flexibility index (Phi) is 3.04. The molecule has 0 amide bonds. The lowest BCUT2D eigenvalue weighted by Crippen LogP contribution is -2.43. The molecule has 0 unspecified atom stereocenters. The minimum absolute atomic E-state index is 0.104. The van der Waals surface area contributed by atoms with Crippen LogP contribution in [0.15, 0.2) is 18.3 Å². The Morgan fingerprint density at radius 2 is 1.89 bits per heavy atom. The Labute approximate surface area is 102 Å². The number of hydrogen-bond acceptors (Lipinski definition) is 2. The summed E-state index contributed by atoms with van der Waals surface area (Å²) in [5.74, 6) is -5.03. The van der Waals surface area contributed by atoms with Crippen molar-refractivity contribution in [3.05, 3.63) is 29.8 Å². The lowest BCUT2D eigenvalue weighted by molar-refractivity contribution is -0.149. The van der Waals surface area contributed by atoms with Gasteiger partial charge >= 0.3 is 5.97 Å². The van der Waals surface area contributed by atoms with Gasteiger partial charge in [-0.1, -0.05) is 6.07 Å². The van der Waals surface area contributed by atoms with Crippen LogP contribution in [0.1, 0.15) is 31.2 Å². The minimum atomic E-state index is -2.86. The fourth-order valence-corrected chi connectivity index (χ4v) is 2.38. The number of halogens is 3. The lowest BCUT2D eigenvalue weighted by atomic mass is 9.68. The zero-order valence-electron chi connectivity index (χ0n) is 9.50. The van der Waals surface area contributed by atoms with Crippen LogP contribution in [0.3, 0.4) is 0 Å². The molecule has 18 heavy (non-hydrogen) atoms. The second-order valence-corrected chi connectivity index (χ2v) is 4.58. The molecular formula is C12H12F3NO2. The molecule has 0 aliphatic heterocycles. The van der Waals surface area contributed by atoms with E-state index in [1.165, 1.54) is 18.3 Å². The number of pyridine rings is 1. The Morgan fingerprint density at radius 3 is 2.39 bits per heavy atom. The van der Waals surface area contributed by atoms with Gasteiger partial charge in [0.05, 0.1) is 5.41 Å². The Morgan fingerprint density at radius 1 is 1.28 bits per heavy atom. The number of alkyl halides is 2. The molecule has 0 bridgehead atoms. The predicted octanol–water partition coefficient (Wildman–Crippen LogP) is 2.75. The van der Waals surface area contributed by atoms with Gasteiger partial charge in [0.2, 0.25) is 11.9 Å². The molecule has 1 N–H and O–H groups in total. The van der Waals surface area contributed by atoms with Crippen molar-refractivity contribution in [2.45, 2.75) is 37.0 Å². The average molecular weight is 259 g/mol. The first-order valence-electron chi connectivity index (χ1n) is 5.60. The van der Waals surface area contributed by atoms with E-state index in [0.29, 0.717) is 0 Å². The van der Waals surface area contributed by atoms with Gasteiger partial charge in [-0.3, -0.25) is 4.79 Å². The second kappa shape index (κ2) is 4.26. The average Bonchev–Trinajstić information content (AvgIpc) is 2.30. The van der Waals surface area contributed by atoms with Crippen LogP contribution >= 0.6 is 0 Å². The maximum absolute atomic E-state index is 13.6. The normalized spacial score (nSPS) is 21.5. The number of rotatable bonds is 2. The third-order valence-electron chi connectivity index (χ3n) is 3.52. The van der Waals surface area contributed by atoms with Crippen molar-refractivity contribution in [1.29, 1.82) is 0 Å². The topological polar surface area (TPSA) is 50.2 Å². The van der Waals surface area contributed by atoms with Crippen LogP contribution < -0.4 is 0 Å². The van der Waals surface area contributed by atoms with Crippen molar-refractivity contribution in [2.24, 2.45) is 0 Å². The van der Waals surface area contributed by atoms with Gasteiger partial charge < -0.3 is 5.11 Å². The zero-order chi connectivity index (χ0) is 13.4. The molecule has 1 fully saturated rings. The monoisotopic (exact) mass is 259 g/mol. The van der Waals surface area contributed by atoms with Crippen molar-refractivity contribution < 1.29 is 23.1 Å². The summed E-state index contributed by atoms with van der Waals surface area (Å²) < 4.78 is 39.9. The molecule has 1 heterocycles. The molecule has 98 valence electrons. The quantitative estimate of drug-likeness (QED) is 0.831. The van der Waals surface area contributed by atoms with Crippen molar-refractivity contribution >= 4 is 5.97 Å². The summed E-state index contributed by atoms with van der Waals surface area (Å²) in [6, 6.07) is 2.72. The number of aromatic nitrogens is 1. The molecular weight excluding hydrogens is 247 g/mol. The summed E-state index contributed by atoms with van der Waals surface area (Å²) in [5.41, 5.74) is -1.69. The van der Waals surface area contributed by atoms with Crippen molar-refractivity contribution in [3.8, 4) is 0 Å². The fraction of sp³-hybridized carbons (Fsp3) is 0.500. The summed E-state index contributed by atoms with van der Waals surface area (Å²) >= 11 is 0. The fourth-order valence-electron chi connectivity index (χ4n) is 2.38. The smallest absolute Gasteiger partial charge is 0.314 e. The Hall–Kier alpha value is -1.59.